The molecule has 4 rings (SSSR count). The van der Waals surface area contributed by atoms with Crippen molar-refractivity contribution in [1.82, 2.24) is 47.5 Å². The van der Waals surface area contributed by atoms with E-state index in [0.717, 1.165) is 35.6 Å². The van der Waals surface area contributed by atoms with Crippen molar-refractivity contribution in [2.75, 3.05) is 18.8 Å². The predicted octanol–water partition coefficient (Wildman–Crippen LogP) is -1.36. The van der Waals surface area contributed by atoms with Crippen LogP contribution in [0.1, 0.15) is 79.6 Å². The van der Waals surface area contributed by atoms with Gasteiger partial charge < -0.3 is 62.4 Å². The summed E-state index contributed by atoms with van der Waals surface area (Å²) >= 11 is 1.04. The van der Waals surface area contributed by atoms with Crippen LogP contribution in [0.2, 0.25) is 0 Å². The number of aromatic nitrogens is 1. The molecule has 7 atom stereocenters. The number of carbonyl (C=O) groups excluding carboxylic acids is 9. The molecule has 26 heteroatoms. The lowest BCUT2D eigenvalue weighted by Crippen LogP contribution is -2.61. The van der Waals surface area contributed by atoms with Gasteiger partial charge in [0.25, 0.3) is 11.8 Å². The van der Waals surface area contributed by atoms with Gasteiger partial charge in [-0.05, 0) is 67.7 Å². The fourth-order valence-electron chi connectivity index (χ4n) is 6.68. The van der Waals surface area contributed by atoms with Gasteiger partial charge in [0.15, 0.2) is 0 Å². The summed E-state index contributed by atoms with van der Waals surface area (Å²) in [4.78, 5) is 126. The van der Waals surface area contributed by atoms with Crippen LogP contribution in [0.25, 0.3) is 6.08 Å². The number of benzene rings is 2. The number of fused-ring (bicyclic) bond motifs is 2. The van der Waals surface area contributed by atoms with Crippen molar-refractivity contribution in [3.63, 3.8) is 0 Å². The second kappa shape index (κ2) is 25.2. The Morgan fingerprint density at radius 1 is 0.857 bits per heavy atom. The molecule has 1 aliphatic rings. The largest absolute Gasteiger partial charge is 0.748 e. The topological polar surface area (TPSA) is 381 Å². The summed E-state index contributed by atoms with van der Waals surface area (Å²) in [6.07, 6.45) is 2.59. The third kappa shape index (κ3) is 16.7. The first-order valence-electron chi connectivity index (χ1n) is 21.8. The quantitative estimate of drug-likeness (QED) is 0.0505. The number of hydrogen-bond acceptors (Lipinski definition) is 17. The Morgan fingerprint density at radius 3 is 2.20 bits per heavy atom. The molecule has 0 saturated heterocycles. The van der Waals surface area contributed by atoms with E-state index in [9.17, 15) is 71.4 Å². The molecule has 7 unspecified atom stereocenters. The minimum Gasteiger partial charge on any atom is -0.748 e. The number of nitrogens with one attached hydrogen (secondary N) is 8. The number of hydrogen-bond donors (Lipinski definition) is 11. The Hall–Kier alpha value is -7.45. The van der Waals surface area contributed by atoms with Gasteiger partial charge >= 0.3 is 0 Å². The van der Waals surface area contributed by atoms with Crippen LogP contribution < -0.4 is 42.5 Å². The molecule has 1 aliphatic heterocycles. The van der Waals surface area contributed by atoms with E-state index >= 15 is 0 Å². The van der Waals surface area contributed by atoms with E-state index in [0.29, 0.717) is 12.0 Å². The van der Waals surface area contributed by atoms with Gasteiger partial charge in [-0.3, -0.25) is 43.2 Å². The van der Waals surface area contributed by atoms with Crippen molar-refractivity contribution in [2.24, 2.45) is 5.92 Å². The number of rotatable bonds is 14. The van der Waals surface area contributed by atoms with Crippen LogP contribution in [0.5, 0.6) is 17.2 Å². The number of aromatic hydroxyl groups is 3. The lowest BCUT2D eigenvalue weighted by molar-refractivity contribution is -0.141. The number of phenols is 3. The summed E-state index contributed by atoms with van der Waals surface area (Å²) in [5, 5.41) is 50.0. The van der Waals surface area contributed by atoms with Gasteiger partial charge in [0.2, 0.25) is 41.2 Å². The summed E-state index contributed by atoms with van der Waals surface area (Å²) in [5.41, 5.74) is 0.388. The molecule has 0 spiro atoms. The molecule has 378 valence electrons. The van der Waals surface area contributed by atoms with E-state index in [1.54, 1.807) is 32.9 Å². The maximum absolute atomic E-state index is 14.0. The molecular weight excluding hydrogens is 959 g/mol. The fraction of sp³-hybridized carbons (Fsp3) is 0.409. The van der Waals surface area contributed by atoms with Crippen LogP contribution in [-0.2, 0) is 54.9 Å². The van der Waals surface area contributed by atoms with Crippen LogP contribution in [0.3, 0.4) is 0 Å². The number of phenolic OH excluding ortho intramolecular Hbond substituents is 3. The van der Waals surface area contributed by atoms with Crippen molar-refractivity contribution in [1.29, 1.82) is 0 Å². The highest BCUT2D eigenvalue weighted by atomic mass is 32.2. The number of amides is 8. The zero-order valence-electron chi connectivity index (χ0n) is 38.3. The van der Waals surface area contributed by atoms with E-state index in [4.69, 9.17) is 0 Å². The molecule has 1 aromatic heterocycles. The Morgan fingerprint density at radius 2 is 1.54 bits per heavy atom. The summed E-state index contributed by atoms with van der Waals surface area (Å²) in [6, 6.07) is -0.126. The molecule has 0 aliphatic carbocycles. The highest BCUT2D eigenvalue weighted by Gasteiger charge is 2.36. The highest BCUT2D eigenvalue weighted by Crippen LogP contribution is 2.25. The molecule has 0 saturated carbocycles. The lowest BCUT2D eigenvalue weighted by atomic mass is 9.94. The molecule has 2 heterocycles. The van der Waals surface area contributed by atoms with Crippen LogP contribution in [0.4, 0.5) is 0 Å². The van der Waals surface area contributed by atoms with Gasteiger partial charge in [0, 0.05) is 18.0 Å². The molecule has 2 aromatic carbocycles. The third-order valence-electron chi connectivity index (χ3n) is 10.7. The second-order valence-corrected chi connectivity index (χ2v) is 18.5. The van der Waals surface area contributed by atoms with Crippen LogP contribution in [0.15, 0.2) is 53.9 Å². The third-order valence-corrected chi connectivity index (χ3v) is 12.4. The van der Waals surface area contributed by atoms with E-state index < -0.39 is 130 Å². The SMILES string of the molecule is CCCC1NC(=O)C(NC(=O)C(C)NC(=O)CNC(=O)c2cc(O)ccc2O)CNC(=O)C(CS(=O)(=O)[O-])NC(=O)/C=C/c2csc(n2)C(Cc2ccc(O)cc2)NC(=O)C(=O)C(C(C)CC)NC1=O. The first-order chi connectivity index (χ1) is 33.0. The number of thiazole rings is 1. The van der Waals surface area contributed by atoms with Crippen molar-refractivity contribution >= 4 is 80.6 Å². The summed E-state index contributed by atoms with van der Waals surface area (Å²) in [7, 11) is -5.21. The Bertz CT molecular complexity index is 2590. The molecular formula is C44H54N9O15S2-. The average Bonchev–Trinajstić information content (AvgIpc) is 3.79. The standard InChI is InChI=1S/C44H55N9O15S2/c1-5-7-29-41(63)53-36(22(3)6-2)37(59)43(65)51-30(16-24-8-11-26(54)12-9-24)44-48-25(20-69-44)10-15-34(57)49-32(21-70(66,67)68)40(62)45-18-31(42(64)50-29)52-38(60)23(4)47-35(58)19-46-39(61)28-17-27(55)13-14-33(28)56/h8-15,17,20,22-23,29-32,36,54-56H,5-7,16,18-19,21H2,1-4H3,(H,45,62)(H,46,61)(H,47,58)(H,49,57)(H,50,64)(H,51,65)(H,52,60)(H,53,63)(H,66,67,68)/p-1/b15-10+. The van der Waals surface area contributed by atoms with Crippen LogP contribution in [0, 0.1) is 5.92 Å². The first-order valence-corrected chi connectivity index (χ1v) is 24.2. The van der Waals surface area contributed by atoms with Crippen molar-refractivity contribution in [3.05, 3.63) is 75.7 Å². The number of carbonyl (C=O) groups is 9. The minimum absolute atomic E-state index is 0.0316. The highest BCUT2D eigenvalue weighted by molar-refractivity contribution is 7.85. The predicted molar refractivity (Wildman–Crippen MR) is 248 cm³/mol. The Labute approximate surface area is 405 Å². The monoisotopic (exact) mass is 1010 g/mol. The molecule has 0 radical (unpaired) electrons. The van der Waals surface area contributed by atoms with Gasteiger partial charge in [-0.2, -0.15) is 0 Å². The zero-order chi connectivity index (χ0) is 51.9. The zero-order valence-corrected chi connectivity index (χ0v) is 39.9. The first kappa shape index (κ1) is 55.1. The number of nitrogens with zero attached hydrogens (tertiary/aromatic N) is 1. The molecule has 8 amide bonds. The van der Waals surface area contributed by atoms with E-state index in [1.165, 1.54) is 30.5 Å². The van der Waals surface area contributed by atoms with Crippen molar-refractivity contribution in [2.45, 2.75) is 89.6 Å². The normalized spacial score (nSPS) is 21.1. The van der Waals surface area contributed by atoms with Gasteiger partial charge in [-0.1, -0.05) is 45.7 Å². The molecule has 0 fully saturated rings. The van der Waals surface area contributed by atoms with Crippen LogP contribution in [-0.4, -0.2) is 135 Å². The fourth-order valence-corrected chi connectivity index (χ4v) is 8.16. The van der Waals surface area contributed by atoms with Gasteiger partial charge in [-0.25, -0.2) is 13.4 Å². The Balaban J connectivity index is 1.67. The average molecular weight is 1010 g/mol. The maximum atomic E-state index is 14.0. The molecule has 70 heavy (non-hydrogen) atoms. The van der Waals surface area contributed by atoms with E-state index in [1.807, 2.05) is 0 Å². The second-order valence-electron chi connectivity index (χ2n) is 16.2. The summed E-state index contributed by atoms with van der Waals surface area (Å²) < 4.78 is 35.7. The van der Waals surface area contributed by atoms with Crippen LogP contribution >= 0.6 is 11.3 Å². The van der Waals surface area contributed by atoms with Gasteiger partial charge in [0.05, 0.1) is 45.8 Å². The molecule has 2 bridgehead atoms. The van der Waals surface area contributed by atoms with Gasteiger partial charge in [-0.15, -0.1) is 11.3 Å². The minimum atomic E-state index is -5.21. The van der Waals surface area contributed by atoms with Crippen molar-refractivity contribution in [3.8, 4) is 17.2 Å². The Kier molecular flexibility index (Phi) is 19.9. The molecule has 11 N–H and O–H groups in total. The maximum Gasteiger partial charge on any atom is 0.290 e. The van der Waals surface area contributed by atoms with E-state index in [2.05, 4.69) is 47.5 Å². The number of Topliss-reactive ketones (excluding diaryl/α,β-unsaturated/α-hetero) is 1. The summed E-state index contributed by atoms with van der Waals surface area (Å²) in [5.74, 6) is -12.5. The number of ketones is 1. The smallest absolute Gasteiger partial charge is 0.290 e. The molecule has 24 nitrogen and oxygen atoms in total. The lowest BCUT2D eigenvalue weighted by Gasteiger charge is -2.28. The van der Waals surface area contributed by atoms with Gasteiger partial charge in [0.1, 0.15) is 46.4 Å². The van der Waals surface area contributed by atoms with Crippen molar-refractivity contribution < 1.29 is 71.4 Å². The molecule has 3 aromatic rings. The summed E-state index contributed by atoms with van der Waals surface area (Å²) in [6.45, 7) is 4.56. The van der Waals surface area contributed by atoms with E-state index in [-0.39, 0.29) is 47.0 Å².